The van der Waals surface area contributed by atoms with Crippen molar-refractivity contribution in [2.24, 2.45) is 0 Å². The van der Waals surface area contributed by atoms with Crippen LogP contribution in [0.5, 0.6) is 0 Å². The van der Waals surface area contributed by atoms with Crippen molar-refractivity contribution in [2.75, 3.05) is 11.9 Å². The Morgan fingerprint density at radius 1 is 1.25 bits per heavy atom. The molecule has 4 heteroatoms. The van der Waals surface area contributed by atoms with Crippen molar-refractivity contribution in [2.45, 2.75) is 32.2 Å². The van der Waals surface area contributed by atoms with Gasteiger partial charge in [0.1, 0.15) is 5.82 Å². The number of halogens is 1. The molecule has 0 saturated heterocycles. The maximum absolute atomic E-state index is 5.98. The average Bonchev–Trinajstić information content (AvgIpc) is 2.48. The van der Waals surface area contributed by atoms with Gasteiger partial charge in [0.15, 0.2) is 0 Å². The molecular weight excluding hydrogens is 270 g/mol. The highest BCUT2D eigenvalue weighted by Gasteiger charge is 2.07. The first kappa shape index (κ1) is 14.8. The molecule has 0 N–H and O–H groups in total. The molecule has 3 nitrogen and oxygen atoms in total. The molecule has 2 aromatic heterocycles. The van der Waals surface area contributed by atoms with Gasteiger partial charge in [-0.1, -0.05) is 19.4 Å². The molecular formula is C16H20ClN3. The second-order valence-corrected chi connectivity index (χ2v) is 5.19. The molecule has 0 fully saturated rings. The molecule has 0 unspecified atom stereocenters. The molecule has 106 valence electrons. The fraction of sp³-hybridized carbons (Fsp3) is 0.375. The second-order valence-electron chi connectivity index (χ2n) is 4.93. The molecule has 2 rings (SSSR count). The lowest BCUT2D eigenvalue weighted by atomic mass is 10.1. The lowest BCUT2D eigenvalue weighted by Crippen LogP contribution is -2.18. The maximum atomic E-state index is 5.98. The van der Waals surface area contributed by atoms with E-state index in [1.54, 1.807) is 6.20 Å². The molecule has 0 amide bonds. The standard InChI is InChI=1S/C16H20ClN3/c1-3-5-15-8-14(10-17)9-16(19-15)20(2)12-13-6-4-7-18-11-13/h4,6-9,11H,3,5,10,12H2,1-2H3. The van der Waals surface area contributed by atoms with Gasteiger partial charge in [0.05, 0.1) is 0 Å². The zero-order valence-corrected chi connectivity index (χ0v) is 12.8. The van der Waals surface area contributed by atoms with E-state index >= 15 is 0 Å². The number of hydrogen-bond acceptors (Lipinski definition) is 3. The highest BCUT2D eigenvalue weighted by molar-refractivity contribution is 6.17. The third kappa shape index (κ3) is 3.94. The lowest BCUT2D eigenvalue weighted by Gasteiger charge is -2.19. The van der Waals surface area contributed by atoms with Crippen LogP contribution in [0.2, 0.25) is 0 Å². The minimum Gasteiger partial charge on any atom is -0.355 e. The summed E-state index contributed by atoms with van der Waals surface area (Å²) < 4.78 is 0. The Labute approximate surface area is 125 Å². The molecule has 20 heavy (non-hydrogen) atoms. The number of pyridine rings is 2. The van der Waals surface area contributed by atoms with E-state index in [4.69, 9.17) is 16.6 Å². The van der Waals surface area contributed by atoms with Gasteiger partial charge in [0.2, 0.25) is 0 Å². The summed E-state index contributed by atoms with van der Waals surface area (Å²) in [5, 5.41) is 0. The van der Waals surface area contributed by atoms with Gasteiger partial charge in [0, 0.05) is 37.6 Å². The highest BCUT2D eigenvalue weighted by Crippen LogP contribution is 2.18. The van der Waals surface area contributed by atoms with E-state index < -0.39 is 0 Å². The van der Waals surface area contributed by atoms with Crippen LogP contribution in [-0.4, -0.2) is 17.0 Å². The van der Waals surface area contributed by atoms with Crippen molar-refractivity contribution >= 4 is 17.4 Å². The summed E-state index contributed by atoms with van der Waals surface area (Å²) in [4.78, 5) is 11.0. The number of aryl methyl sites for hydroxylation is 1. The van der Waals surface area contributed by atoms with Crippen LogP contribution in [0.4, 0.5) is 5.82 Å². The number of alkyl halides is 1. The van der Waals surface area contributed by atoms with E-state index in [-0.39, 0.29) is 0 Å². The SMILES string of the molecule is CCCc1cc(CCl)cc(N(C)Cc2cccnc2)n1. The maximum Gasteiger partial charge on any atom is 0.129 e. The van der Waals surface area contributed by atoms with Crippen LogP contribution in [-0.2, 0) is 18.8 Å². The van der Waals surface area contributed by atoms with Gasteiger partial charge >= 0.3 is 0 Å². The quantitative estimate of drug-likeness (QED) is 0.757. The van der Waals surface area contributed by atoms with Crippen molar-refractivity contribution in [3.63, 3.8) is 0 Å². The van der Waals surface area contributed by atoms with E-state index in [2.05, 4.69) is 35.0 Å². The Hall–Kier alpha value is -1.61. The molecule has 0 spiro atoms. The van der Waals surface area contributed by atoms with Crippen molar-refractivity contribution in [1.82, 2.24) is 9.97 Å². The number of rotatable bonds is 6. The van der Waals surface area contributed by atoms with Crippen LogP contribution in [0, 0.1) is 0 Å². The first-order valence-electron chi connectivity index (χ1n) is 6.88. The Bertz CT molecular complexity index is 543. The van der Waals surface area contributed by atoms with Crippen molar-refractivity contribution in [3.05, 3.63) is 53.5 Å². The van der Waals surface area contributed by atoms with Gasteiger partial charge in [-0.25, -0.2) is 4.98 Å². The van der Waals surface area contributed by atoms with Crippen molar-refractivity contribution in [1.29, 1.82) is 0 Å². The molecule has 0 aliphatic carbocycles. The predicted octanol–water partition coefficient (Wildman–Crippen LogP) is 3.80. The summed E-state index contributed by atoms with van der Waals surface area (Å²) in [7, 11) is 2.04. The average molecular weight is 290 g/mol. The fourth-order valence-corrected chi connectivity index (χ4v) is 2.29. The zero-order valence-electron chi connectivity index (χ0n) is 12.0. The third-order valence-corrected chi connectivity index (χ3v) is 3.43. The third-order valence-electron chi connectivity index (χ3n) is 3.12. The summed E-state index contributed by atoms with van der Waals surface area (Å²) in [6.07, 6.45) is 5.74. The molecule has 0 radical (unpaired) electrons. The second kappa shape index (κ2) is 7.25. The molecule has 0 aliphatic heterocycles. The van der Waals surface area contributed by atoms with Gasteiger partial charge < -0.3 is 4.90 Å². The first-order chi connectivity index (χ1) is 9.72. The smallest absolute Gasteiger partial charge is 0.129 e. The van der Waals surface area contributed by atoms with E-state index in [0.29, 0.717) is 5.88 Å². The summed E-state index contributed by atoms with van der Waals surface area (Å²) in [6.45, 7) is 2.95. The molecule has 2 heterocycles. The zero-order chi connectivity index (χ0) is 14.4. The van der Waals surface area contributed by atoms with E-state index in [1.807, 2.05) is 19.3 Å². The number of hydrogen-bond donors (Lipinski definition) is 0. The molecule has 0 saturated carbocycles. The van der Waals surface area contributed by atoms with E-state index in [1.165, 1.54) is 5.56 Å². The molecule has 0 bridgehead atoms. The van der Waals surface area contributed by atoms with Crippen LogP contribution in [0.25, 0.3) is 0 Å². The number of anilines is 1. The minimum atomic E-state index is 0.521. The van der Waals surface area contributed by atoms with Gasteiger partial charge in [-0.2, -0.15) is 0 Å². The van der Waals surface area contributed by atoms with E-state index in [9.17, 15) is 0 Å². The Kier molecular flexibility index (Phi) is 5.36. The Morgan fingerprint density at radius 2 is 2.10 bits per heavy atom. The molecule has 0 atom stereocenters. The summed E-state index contributed by atoms with van der Waals surface area (Å²) in [5.74, 6) is 1.49. The van der Waals surface area contributed by atoms with Crippen LogP contribution in [0.15, 0.2) is 36.7 Å². The van der Waals surface area contributed by atoms with Gasteiger partial charge in [0.25, 0.3) is 0 Å². The van der Waals surface area contributed by atoms with Gasteiger partial charge in [-0.3, -0.25) is 4.98 Å². The van der Waals surface area contributed by atoms with E-state index in [0.717, 1.165) is 36.5 Å². The number of aromatic nitrogens is 2. The highest BCUT2D eigenvalue weighted by atomic mass is 35.5. The summed E-state index contributed by atoms with van der Waals surface area (Å²) in [5.41, 5.74) is 3.40. The Balaban J connectivity index is 2.19. The van der Waals surface area contributed by atoms with Crippen LogP contribution < -0.4 is 4.90 Å². The predicted molar refractivity (Wildman–Crippen MR) is 84.1 cm³/mol. The lowest BCUT2D eigenvalue weighted by molar-refractivity contribution is 0.844. The molecule has 0 aromatic carbocycles. The minimum absolute atomic E-state index is 0.521. The summed E-state index contributed by atoms with van der Waals surface area (Å²) in [6, 6.07) is 8.18. The topological polar surface area (TPSA) is 29.0 Å². The normalized spacial score (nSPS) is 10.6. The van der Waals surface area contributed by atoms with Crippen molar-refractivity contribution < 1.29 is 0 Å². The number of nitrogens with zero attached hydrogens (tertiary/aromatic N) is 3. The van der Waals surface area contributed by atoms with Crippen LogP contribution in [0.1, 0.15) is 30.2 Å². The Morgan fingerprint density at radius 3 is 2.75 bits per heavy atom. The fourth-order valence-electron chi connectivity index (χ4n) is 2.14. The molecule has 2 aromatic rings. The van der Waals surface area contributed by atoms with Gasteiger partial charge in [-0.15, -0.1) is 11.6 Å². The van der Waals surface area contributed by atoms with Crippen LogP contribution >= 0.6 is 11.6 Å². The van der Waals surface area contributed by atoms with Crippen molar-refractivity contribution in [3.8, 4) is 0 Å². The van der Waals surface area contributed by atoms with Gasteiger partial charge in [-0.05, 0) is 35.7 Å². The first-order valence-corrected chi connectivity index (χ1v) is 7.42. The van der Waals surface area contributed by atoms with Crippen LogP contribution in [0.3, 0.4) is 0 Å². The summed E-state index contributed by atoms with van der Waals surface area (Å²) >= 11 is 5.98. The monoisotopic (exact) mass is 289 g/mol. The largest absolute Gasteiger partial charge is 0.355 e. The molecule has 0 aliphatic rings.